The van der Waals surface area contributed by atoms with Crippen molar-refractivity contribution >= 4 is 11.8 Å². The average molecular weight is 332 g/mol. The van der Waals surface area contributed by atoms with Gasteiger partial charge in [-0.3, -0.25) is 9.59 Å². The van der Waals surface area contributed by atoms with E-state index in [1.165, 1.54) is 6.33 Å². The molecule has 2 fully saturated rings. The van der Waals surface area contributed by atoms with Crippen molar-refractivity contribution in [3.8, 4) is 5.88 Å². The van der Waals surface area contributed by atoms with E-state index in [0.717, 1.165) is 32.2 Å². The lowest BCUT2D eigenvalue weighted by Crippen LogP contribution is -2.49. The number of amides is 2. The Bertz CT molecular complexity index is 572. The van der Waals surface area contributed by atoms with Gasteiger partial charge in [0, 0.05) is 44.7 Å². The zero-order valence-electron chi connectivity index (χ0n) is 14.1. The van der Waals surface area contributed by atoms with E-state index in [-0.39, 0.29) is 23.8 Å². The van der Waals surface area contributed by atoms with Gasteiger partial charge in [-0.2, -0.15) is 0 Å². The van der Waals surface area contributed by atoms with Crippen LogP contribution in [0.1, 0.15) is 32.6 Å². The Hall–Kier alpha value is -2.18. The molecular formula is C17H24N4O3. The fourth-order valence-corrected chi connectivity index (χ4v) is 3.45. The lowest BCUT2D eigenvalue weighted by Gasteiger charge is -2.37. The summed E-state index contributed by atoms with van der Waals surface area (Å²) < 4.78 is 5.87. The molecule has 130 valence electrons. The summed E-state index contributed by atoms with van der Waals surface area (Å²) in [5.74, 6) is 0.879. The van der Waals surface area contributed by atoms with Crippen molar-refractivity contribution in [3.63, 3.8) is 0 Å². The van der Waals surface area contributed by atoms with Gasteiger partial charge in [0.25, 0.3) is 0 Å². The minimum absolute atomic E-state index is 0.0186. The Morgan fingerprint density at radius 3 is 2.62 bits per heavy atom. The summed E-state index contributed by atoms with van der Waals surface area (Å²) in [4.78, 5) is 35.9. The molecule has 1 atom stereocenters. The van der Waals surface area contributed by atoms with Gasteiger partial charge in [-0.05, 0) is 25.7 Å². The van der Waals surface area contributed by atoms with E-state index < -0.39 is 0 Å². The number of rotatable bonds is 3. The predicted molar refractivity (Wildman–Crippen MR) is 87.2 cm³/mol. The quantitative estimate of drug-likeness (QED) is 0.829. The molecule has 0 aliphatic carbocycles. The molecule has 1 unspecified atom stereocenters. The smallest absolute Gasteiger partial charge is 0.225 e. The average Bonchev–Trinajstić information content (AvgIpc) is 2.62. The molecule has 0 N–H and O–H groups in total. The highest BCUT2D eigenvalue weighted by Crippen LogP contribution is 2.23. The molecule has 0 saturated carbocycles. The lowest BCUT2D eigenvalue weighted by molar-refractivity contribution is -0.142. The van der Waals surface area contributed by atoms with Crippen molar-refractivity contribution in [2.24, 2.45) is 5.92 Å². The molecule has 2 aliphatic rings. The molecule has 0 radical (unpaired) electrons. The van der Waals surface area contributed by atoms with Gasteiger partial charge in [0.15, 0.2) is 0 Å². The van der Waals surface area contributed by atoms with E-state index >= 15 is 0 Å². The number of carbonyl (C=O) groups excluding carboxylic acids is 2. The van der Waals surface area contributed by atoms with E-state index in [1.807, 2.05) is 9.80 Å². The third kappa shape index (κ3) is 4.01. The predicted octanol–water partition coefficient (Wildman–Crippen LogP) is 1.10. The molecule has 3 rings (SSSR count). The van der Waals surface area contributed by atoms with Crippen molar-refractivity contribution in [2.75, 3.05) is 26.2 Å². The Morgan fingerprint density at radius 1 is 1.17 bits per heavy atom. The zero-order valence-corrected chi connectivity index (χ0v) is 14.1. The van der Waals surface area contributed by atoms with E-state index in [9.17, 15) is 9.59 Å². The summed E-state index contributed by atoms with van der Waals surface area (Å²) in [6.07, 6.45) is 6.47. The molecule has 0 bridgehead atoms. The van der Waals surface area contributed by atoms with Crippen LogP contribution in [0.15, 0.2) is 18.6 Å². The van der Waals surface area contributed by atoms with Gasteiger partial charge in [0.1, 0.15) is 12.4 Å². The summed E-state index contributed by atoms with van der Waals surface area (Å²) in [7, 11) is 0. The van der Waals surface area contributed by atoms with Gasteiger partial charge >= 0.3 is 0 Å². The molecule has 2 aliphatic heterocycles. The first-order valence-electron chi connectivity index (χ1n) is 8.60. The van der Waals surface area contributed by atoms with E-state index in [2.05, 4.69) is 9.97 Å². The lowest BCUT2D eigenvalue weighted by atomic mass is 9.94. The number of ether oxygens (including phenoxy) is 1. The number of hydrogen-bond donors (Lipinski definition) is 0. The molecule has 1 aromatic rings. The Labute approximate surface area is 142 Å². The molecule has 2 amide bonds. The first-order chi connectivity index (χ1) is 11.6. The fourth-order valence-electron chi connectivity index (χ4n) is 3.45. The van der Waals surface area contributed by atoms with Crippen LogP contribution < -0.4 is 4.74 Å². The molecule has 7 heteroatoms. The fraction of sp³-hybridized carbons (Fsp3) is 0.647. The van der Waals surface area contributed by atoms with Gasteiger partial charge in [0.2, 0.25) is 17.7 Å². The zero-order chi connectivity index (χ0) is 16.9. The van der Waals surface area contributed by atoms with Crippen LogP contribution in [-0.4, -0.2) is 63.9 Å². The molecule has 0 spiro atoms. The minimum Gasteiger partial charge on any atom is -0.472 e. The monoisotopic (exact) mass is 332 g/mol. The third-order valence-electron chi connectivity index (χ3n) is 4.82. The highest BCUT2D eigenvalue weighted by Gasteiger charge is 2.32. The number of hydrogen-bond acceptors (Lipinski definition) is 5. The second-order valence-electron chi connectivity index (χ2n) is 6.49. The number of likely N-dealkylation sites (tertiary alicyclic amines) is 2. The molecule has 0 aromatic carbocycles. The first kappa shape index (κ1) is 16.7. The highest BCUT2D eigenvalue weighted by atomic mass is 16.5. The van der Waals surface area contributed by atoms with Crippen molar-refractivity contribution < 1.29 is 14.3 Å². The van der Waals surface area contributed by atoms with Crippen LogP contribution in [-0.2, 0) is 9.59 Å². The van der Waals surface area contributed by atoms with Gasteiger partial charge in [-0.25, -0.2) is 9.97 Å². The van der Waals surface area contributed by atoms with Crippen LogP contribution in [0.4, 0.5) is 0 Å². The molecule has 7 nitrogen and oxygen atoms in total. The van der Waals surface area contributed by atoms with Crippen LogP contribution in [0.3, 0.4) is 0 Å². The van der Waals surface area contributed by atoms with Crippen molar-refractivity contribution in [1.82, 2.24) is 19.8 Å². The molecule has 2 saturated heterocycles. The van der Waals surface area contributed by atoms with Crippen LogP contribution in [0.2, 0.25) is 0 Å². The van der Waals surface area contributed by atoms with Crippen molar-refractivity contribution in [2.45, 2.75) is 38.7 Å². The largest absolute Gasteiger partial charge is 0.472 e. The summed E-state index contributed by atoms with van der Waals surface area (Å²) in [5, 5.41) is 0. The van der Waals surface area contributed by atoms with E-state index in [4.69, 9.17) is 4.74 Å². The standard InChI is InChI=1S/C17H24N4O3/c1-13(22)20-9-5-14(6-10-20)17(23)21-8-2-3-15(11-21)24-16-4-7-18-12-19-16/h4,7,12,14-15H,2-3,5-6,8-11H2,1H3. The van der Waals surface area contributed by atoms with Crippen LogP contribution in [0.5, 0.6) is 5.88 Å². The SMILES string of the molecule is CC(=O)N1CCC(C(=O)N2CCCC(Oc3ccncn3)C2)CC1. The number of carbonyl (C=O) groups is 2. The molecular weight excluding hydrogens is 308 g/mol. The van der Waals surface area contributed by atoms with Crippen molar-refractivity contribution in [1.29, 1.82) is 0 Å². The molecule has 1 aromatic heterocycles. The Balaban J connectivity index is 1.53. The van der Waals surface area contributed by atoms with Crippen molar-refractivity contribution in [3.05, 3.63) is 18.6 Å². The van der Waals surface area contributed by atoms with E-state index in [1.54, 1.807) is 19.2 Å². The molecule has 3 heterocycles. The van der Waals surface area contributed by atoms with Gasteiger partial charge in [-0.15, -0.1) is 0 Å². The second-order valence-corrected chi connectivity index (χ2v) is 6.49. The maximum absolute atomic E-state index is 12.8. The number of piperidine rings is 2. The summed E-state index contributed by atoms with van der Waals surface area (Å²) >= 11 is 0. The van der Waals surface area contributed by atoms with Gasteiger partial charge in [-0.1, -0.05) is 0 Å². The summed E-state index contributed by atoms with van der Waals surface area (Å²) in [5.41, 5.74) is 0. The summed E-state index contributed by atoms with van der Waals surface area (Å²) in [6.45, 7) is 4.34. The maximum Gasteiger partial charge on any atom is 0.225 e. The minimum atomic E-state index is -0.0186. The van der Waals surface area contributed by atoms with Crippen LogP contribution in [0, 0.1) is 5.92 Å². The highest BCUT2D eigenvalue weighted by molar-refractivity contribution is 5.80. The summed E-state index contributed by atoms with van der Waals surface area (Å²) in [6, 6.07) is 1.73. The topological polar surface area (TPSA) is 75.6 Å². The Morgan fingerprint density at radius 2 is 1.96 bits per heavy atom. The number of aromatic nitrogens is 2. The molecule has 24 heavy (non-hydrogen) atoms. The van der Waals surface area contributed by atoms with E-state index in [0.29, 0.717) is 25.5 Å². The Kier molecular flexibility index (Phi) is 5.27. The van der Waals surface area contributed by atoms with Gasteiger partial charge in [0.05, 0.1) is 6.54 Å². The van der Waals surface area contributed by atoms with Gasteiger partial charge < -0.3 is 14.5 Å². The number of nitrogens with zero attached hydrogens (tertiary/aromatic N) is 4. The first-order valence-corrected chi connectivity index (χ1v) is 8.60. The van der Waals surface area contributed by atoms with Crippen LogP contribution in [0.25, 0.3) is 0 Å². The third-order valence-corrected chi connectivity index (χ3v) is 4.82. The maximum atomic E-state index is 12.8. The van der Waals surface area contributed by atoms with Crippen LogP contribution >= 0.6 is 0 Å². The second kappa shape index (κ2) is 7.59. The normalized spacial score (nSPS) is 22.3.